The van der Waals surface area contributed by atoms with Crippen LogP contribution in [0.25, 0.3) is 0 Å². The van der Waals surface area contributed by atoms with Crippen molar-refractivity contribution in [3.8, 4) is 11.9 Å². The Bertz CT molecular complexity index is 1190. The van der Waals surface area contributed by atoms with Gasteiger partial charge in [0.25, 0.3) is 6.29 Å². The van der Waals surface area contributed by atoms with Gasteiger partial charge in [-0.15, -0.1) is 9.56 Å². The average molecular weight is 731 g/mol. The summed E-state index contributed by atoms with van der Waals surface area (Å²) in [4.78, 5) is 33.8. The van der Waals surface area contributed by atoms with Crippen molar-refractivity contribution >= 4 is 35.9 Å². The molecule has 43 heavy (non-hydrogen) atoms. The molecule has 1 atom stereocenters. The molecule has 0 bridgehead atoms. The number of pyridine rings is 1. The van der Waals surface area contributed by atoms with Crippen LogP contribution in [0.15, 0.2) is 53.8 Å². The number of nitriles is 1. The van der Waals surface area contributed by atoms with E-state index in [4.69, 9.17) is 36.9 Å². The fourth-order valence-electron chi connectivity index (χ4n) is 3.83. The number of aromatic nitrogens is 1. The zero-order valence-electron chi connectivity index (χ0n) is 24.7. The standard InChI is InChI=1S/C29H40ClN6O6.HI/c1-28(2,3)42-35(23-38)15-8-20-41-29(39,21-37)34-17-13-25(14-18-34)36(27(32)33-22-31)16-6-4-5-7-19-40-26-11-9-24(30)10-12-26;/h9-14,17-18,21,23,39H,4-8,15-16,19-20H2,1-3H3,(H2,32,33);1H/q+1;/p-1. The summed E-state index contributed by atoms with van der Waals surface area (Å²) in [5, 5.41) is 21.6. The van der Waals surface area contributed by atoms with Crippen LogP contribution in [0.1, 0.15) is 52.9 Å². The normalized spacial score (nSPS) is 12.8. The fraction of sp³-hybridized carbons (Fsp3) is 0.483. The monoisotopic (exact) mass is 730 g/mol. The van der Waals surface area contributed by atoms with Crippen LogP contribution in [0.2, 0.25) is 5.02 Å². The van der Waals surface area contributed by atoms with E-state index in [1.807, 2.05) is 32.9 Å². The Labute approximate surface area is 274 Å². The first-order chi connectivity index (χ1) is 20.0. The molecule has 0 radical (unpaired) electrons. The lowest BCUT2D eigenvalue weighted by Gasteiger charge is -2.26. The Morgan fingerprint density at radius 2 is 1.70 bits per heavy atom. The third-order valence-corrected chi connectivity index (χ3v) is 6.04. The van der Waals surface area contributed by atoms with Gasteiger partial charge in [-0.05, 0) is 64.3 Å². The lowest BCUT2D eigenvalue weighted by Crippen LogP contribution is -3.00. The summed E-state index contributed by atoms with van der Waals surface area (Å²) in [5.41, 5.74) is 6.11. The van der Waals surface area contributed by atoms with Crippen molar-refractivity contribution in [3.05, 3.63) is 53.8 Å². The molecule has 2 aromatic rings. The minimum Gasteiger partial charge on any atom is -1.00 e. The maximum atomic E-state index is 11.8. The number of halogens is 2. The Morgan fingerprint density at radius 3 is 2.28 bits per heavy atom. The van der Waals surface area contributed by atoms with Crippen LogP contribution >= 0.6 is 11.6 Å². The van der Waals surface area contributed by atoms with Gasteiger partial charge in [-0.3, -0.25) is 19.2 Å². The number of hydrogen-bond acceptors (Lipinski definition) is 8. The quantitative estimate of drug-likeness (QED) is 0.0253. The molecule has 236 valence electrons. The van der Waals surface area contributed by atoms with Gasteiger partial charge in [-0.2, -0.15) is 5.26 Å². The van der Waals surface area contributed by atoms with Crippen molar-refractivity contribution in [2.45, 2.75) is 64.4 Å². The predicted molar refractivity (Wildman–Crippen MR) is 157 cm³/mol. The van der Waals surface area contributed by atoms with Crippen LogP contribution in [0, 0.1) is 11.5 Å². The molecule has 0 aliphatic heterocycles. The van der Waals surface area contributed by atoms with Crippen LogP contribution in [0.4, 0.5) is 5.69 Å². The molecule has 1 aromatic heterocycles. The number of benzene rings is 1. The second-order valence-electron chi connectivity index (χ2n) is 10.3. The highest BCUT2D eigenvalue weighted by molar-refractivity contribution is 6.30. The van der Waals surface area contributed by atoms with Crippen LogP contribution in [-0.4, -0.2) is 60.7 Å². The third-order valence-electron chi connectivity index (χ3n) is 5.79. The fourth-order valence-corrected chi connectivity index (χ4v) is 3.96. The molecule has 14 heteroatoms. The zero-order valence-corrected chi connectivity index (χ0v) is 27.6. The average Bonchev–Trinajstić information content (AvgIpc) is 2.96. The molecule has 1 unspecified atom stereocenters. The molecule has 1 aromatic carbocycles. The van der Waals surface area contributed by atoms with Crippen molar-refractivity contribution in [1.29, 1.82) is 5.26 Å². The molecule has 0 saturated heterocycles. The van der Waals surface area contributed by atoms with E-state index in [1.165, 1.54) is 17.0 Å². The first kappa shape index (κ1) is 38.0. The number of anilines is 1. The summed E-state index contributed by atoms with van der Waals surface area (Å²) in [6, 6.07) is 10.5. The number of carbonyl (C=O) groups is 2. The number of nitrogens with zero attached hydrogens (tertiary/aromatic N) is 5. The third kappa shape index (κ3) is 13.9. The number of unbranched alkanes of at least 4 members (excludes halogenated alkanes) is 3. The largest absolute Gasteiger partial charge is 1.00 e. The summed E-state index contributed by atoms with van der Waals surface area (Å²) >= 11 is 5.89. The van der Waals surface area contributed by atoms with E-state index in [-0.39, 0.29) is 49.4 Å². The number of rotatable bonds is 18. The number of carbonyl (C=O) groups excluding carboxylic acids is 2. The van der Waals surface area contributed by atoms with Gasteiger partial charge in [-0.1, -0.05) is 24.4 Å². The van der Waals surface area contributed by atoms with Gasteiger partial charge in [0, 0.05) is 23.7 Å². The van der Waals surface area contributed by atoms with Gasteiger partial charge < -0.3 is 44.5 Å². The predicted octanol–water partition coefficient (Wildman–Crippen LogP) is 0.270. The molecule has 0 saturated carbocycles. The molecule has 3 N–H and O–H groups in total. The first-order valence-electron chi connectivity index (χ1n) is 13.6. The van der Waals surface area contributed by atoms with Crippen molar-refractivity contribution in [3.63, 3.8) is 0 Å². The zero-order chi connectivity index (χ0) is 31.0. The highest BCUT2D eigenvalue weighted by Crippen LogP contribution is 2.17. The minimum absolute atomic E-state index is 0. The van der Waals surface area contributed by atoms with E-state index < -0.39 is 11.5 Å². The number of ether oxygens (including phenoxy) is 2. The molecule has 1 amide bonds. The number of guanidine groups is 1. The van der Waals surface area contributed by atoms with Crippen LogP contribution < -0.4 is 43.9 Å². The molecular formula is C29H40ClIN6O6. The Balaban J connectivity index is 0.00000924. The van der Waals surface area contributed by atoms with Gasteiger partial charge in [0.05, 0.1) is 31.0 Å². The topological polar surface area (TPSA) is 155 Å². The van der Waals surface area contributed by atoms with Crippen LogP contribution in [0.5, 0.6) is 5.75 Å². The maximum Gasteiger partial charge on any atom is 0.448 e. The summed E-state index contributed by atoms with van der Waals surface area (Å²) in [6.07, 6.45) is 9.25. The van der Waals surface area contributed by atoms with E-state index in [2.05, 4.69) is 4.99 Å². The molecule has 0 spiro atoms. The van der Waals surface area contributed by atoms with Crippen molar-refractivity contribution in [2.24, 2.45) is 10.7 Å². The molecule has 1 heterocycles. The first-order valence-corrected chi connectivity index (χ1v) is 14.0. The number of hydroxylamine groups is 2. The lowest BCUT2D eigenvalue weighted by molar-refractivity contribution is -0.833. The van der Waals surface area contributed by atoms with Gasteiger partial charge in [0.1, 0.15) is 5.75 Å². The Morgan fingerprint density at radius 1 is 1.05 bits per heavy atom. The minimum atomic E-state index is -2.26. The van der Waals surface area contributed by atoms with E-state index >= 15 is 0 Å². The summed E-state index contributed by atoms with van der Waals surface area (Å²) in [6.45, 7) is 6.71. The van der Waals surface area contributed by atoms with Gasteiger partial charge in [0.2, 0.25) is 18.6 Å². The molecule has 2 rings (SSSR count). The van der Waals surface area contributed by atoms with Gasteiger partial charge in [-0.25, -0.2) is 5.06 Å². The second kappa shape index (κ2) is 19.3. The van der Waals surface area contributed by atoms with Crippen molar-refractivity contribution in [2.75, 3.05) is 31.2 Å². The number of aldehydes is 1. The van der Waals surface area contributed by atoms with Gasteiger partial charge >= 0.3 is 5.91 Å². The van der Waals surface area contributed by atoms with E-state index in [0.717, 1.165) is 36.5 Å². The smallest absolute Gasteiger partial charge is 0.448 e. The highest BCUT2D eigenvalue weighted by atomic mass is 127. The number of aliphatic hydroxyl groups is 1. The Kier molecular flexibility index (Phi) is 17.0. The SMILES string of the molecule is CC(C)(C)ON(C=O)CCCOC(O)(C=O)[n+]1ccc(N(CCCCCCOc2ccc(Cl)cc2)C(N)=NC#N)cc1.[I-]. The van der Waals surface area contributed by atoms with E-state index in [1.54, 1.807) is 35.4 Å². The second-order valence-corrected chi connectivity index (χ2v) is 10.8. The molecule has 12 nitrogen and oxygen atoms in total. The number of amides is 1. The van der Waals surface area contributed by atoms with E-state index in [0.29, 0.717) is 36.7 Å². The number of hydrogen-bond donors (Lipinski definition) is 2. The van der Waals surface area contributed by atoms with E-state index in [9.17, 15) is 14.7 Å². The van der Waals surface area contributed by atoms with Crippen LogP contribution in [-0.2, 0) is 25.1 Å². The molecular weight excluding hydrogens is 691 g/mol. The molecule has 0 aliphatic carbocycles. The highest BCUT2D eigenvalue weighted by Gasteiger charge is 2.39. The number of nitrogens with two attached hydrogens (primary N) is 1. The summed E-state index contributed by atoms with van der Waals surface area (Å²) in [5.74, 6) is -1.46. The lowest BCUT2D eigenvalue weighted by atomic mass is 10.2. The van der Waals surface area contributed by atoms with Crippen molar-refractivity contribution in [1.82, 2.24) is 5.06 Å². The molecule has 0 aliphatic rings. The Hall–Kier alpha value is -3.03. The summed E-state index contributed by atoms with van der Waals surface area (Å²) < 4.78 is 12.4. The maximum absolute atomic E-state index is 11.8. The van der Waals surface area contributed by atoms with Crippen LogP contribution in [0.3, 0.4) is 0 Å². The van der Waals surface area contributed by atoms with Gasteiger partial charge in [0.15, 0.2) is 12.4 Å². The number of aliphatic imine (C=N–C) groups is 1. The summed E-state index contributed by atoms with van der Waals surface area (Å²) in [7, 11) is 0. The molecule has 0 fully saturated rings. The van der Waals surface area contributed by atoms with Crippen molar-refractivity contribution < 1.29 is 57.6 Å².